The molecule has 1 N–H and O–H groups in total. The summed E-state index contributed by atoms with van der Waals surface area (Å²) in [6, 6.07) is 9.98. The van der Waals surface area contributed by atoms with Gasteiger partial charge in [-0.25, -0.2) is 0 Å². The first kappa shape index (κ1) is 15.0. The van der Waals surface area contributed by atoms with Crippen molar-refractivity contribution in [1.29, 1.82) is 0 Å². The third-order valence-electron chi connectivity index (χ3n) is 5.28. The van der Waals surface area contributed by atoms with Crippen molar-refractivity contribution in [3.8, 4) is 0 Å². The van der Waals surface area contributed by atoms with E-state index in [-0.39, 0.29) is 17.1 Å². The molecule has 0 unspecified atom stereocenters. The maximum absolute atomic E-state index is 12.1. The Balaban J connectivity index is 1.62. The molecule has 1 aromatic carbocycles. The number of allylic oxidation sites excluding steroid dienone is 2. The van der Waals surface area contributed by atoms with Crippen LogP contribution in [-0.4, -0.2) is 11.7 Å². The molecule has 0 bridgehead atoms. The number of nitrogens with one attached hydrogen (secondary N) is 1. The number of carbonyl (C=O) groups excluding carboxylic acids is 2. The van der Waals surface area contributed by atoms with Crippen LogP contribution >= 0.6 is 0 Å². The van der Waals surface area contributed by atoms with Crippen LogP contribution in [0.2, 0.25) is 0 Å². The SMILES string of the molecule is C/C(NC(=O)CCc1ccccc1)=C1\C(=O)C[C@@H]2[C@H]1C2(C)C. The maximum Gasteiger partial charge on any atom is 0.224 e. The zero-order chi connectivity index (χ0) is 15.9. The van der Waals surface area contributed by atoms with Gasteiger partial charge in [0.2, 0.25) is 5.91 Å². The van der Waals surface area contributed by atoms with Crippen LogP contribution < -0.4 is 5.32 Å². The van der Waals surface area contributed by atoms with Crippen molar-refractivity contribution in [3.63, 3.8) is 0 Å². The predicted octanol–water partition coefficient (Wildman–Crippen LogP) is 3.25. The van der Waals surface area contributed by atoms with E-state index in [9.17, 15) is 9.59 Å². The number of ketones is 1. The molecule has 2 atom stereocenters. The van der Waals surface area contributed by atoms with E-state index in [2.05, 4.69) is 19.2 Å². The van der Waals surface area contributed by atoms with E-state index < -0.39 is 0 Å². The second-order valence-electron chi connectivity index (χ2n) is 7.11. The molecule has 0 aliphatic heterocycles. The summed E-state index contributed by atoms with van der Waals surface area (Å²) in [5.74, 6) is 1.03. The van der Waals surface area contributed by atoms with E-state index in [1.807, 2.05) is 37.3 Å². The normalized spacial score (nSPS) is 27.3. The molecule has 1 aromatic rings. The first-order valence-corrected chi connectivity index (χ1v) is 7.99. The molecule has 3 heteroatoms. The molecule has 2 fully saturated rings. The van der Waals surface area contributed by atoms with E-state index in [0.717, 1.165) is 23.3 Å². The number of hydrogen-bond acceptors (Lipinski definition) is 2. The quantitative estimate of drug-likeness (QED) is 0.867. The average Bonchev–Trinajstić information content (AvgIpc) is 2.84. The molecule has 0 saturated heterocycles. The lowest BCUT2D eigenvalue weighted by atomic mass is 9.95. The van der Waals surface area contributed by atoms with Gasteiger partial charge in [0.1, 0.15) is 0 Å². The van der Waals surface area contributed by atoms with E-state index >= 15 is 0 Å². The van der Waals surface area contributed by atoms with Crippen molar-refractivity contribution < 1.29 is 9.59 Å². The summed E-state index contributed by atoms with van der Waals surface area (Å²) in [5.41, 5.74) is 3.01. The Labute approximate surface area is 131 Å². The van der Waals surface area contributed by atoms with Crippen molar-refractivity contribution in [2.75, 3.05) is 0 Å². The summed E-state index contributed by atoms with van der Waals surface area (Å²) < 4.78 is 0. The zero-order valence-electron chi connectivity index (χ0n) is 13.5. The summed E-state index contributed by atoms with van der Waals surface area (Å²) >= 11 is 0. The Morgan fingerprint density at radius 3 is 2.59 bits per heavy atom. The van der Waals surface area contributed by atoms with E-state index in [1.54, 1.807) is 0 Å². The smallest absolute Gasteiger partial charge is 0.224 e. The summed E-state index contributed by atoms with van der Waals surface area (Å²) in [6.45, 7) is 6.28. The van der Waals surface area contributed by atoms with Crippen LogP contribution in [0, 0.1) is 17.3 Å². The Morgan fingerprint density at radius 2 is 1.95 bits per heavy atom. The summed E-state index contributed by atoms with van der Waals surface area (Å²) in [7, 11) is 0. The number of hydrogen-bond donors (Lipinski definition) is 1. The van der Waals surface area contributed by atoms with Crippen molar-refractivity contribution in [3.05, 3.63) is 47.2 Å². The molecule has 1 amide bonds. The molecule has 2 saturated carbocycles. The highest BCUT2D eigenvalue weighted by molar-refractivity contribution is 6.01. The summed E-state index contributed by atoms with van der Waals surface area (Å²) in [5, 5.41) is 2.94. The van der Waals surface area contributed by atoms with Gasteiger partial charge in [0.05, 0.1) is 0 Å². The lowest BCUT2D eigenvalue weighted by Gasteiger charge is -2.13. The van der Waals surface area contributed by atoms with Gasteiger partial charge in [0.15, 0.2) is 5.78 Å². The largest absolute Gasteiger partial charge is 0.330 e. The molecule has 0 radical (unpaired) electrons. The van der Waals surface area contributed by atoms with Crippen LogP contribution in [0.15, 0.2) is 41.6 Å². The van der Waals surface area contributed by atoms with Gasteiger partial charge in [-0.15, -0.1) is 0 Å². The van der Waals surface area contributed by atoms with Crippen LogP contribution in [0.3, 0.4) is 0 Å². The highest BCUT2D eigenvalue weighted by atomic mass is 16.1. The number of Topliss-reactive ketones (excluding diaryl/α,β-unsaturated/α-hetero) is 1. The van der Waals surface area contributed by atoms with Gasteiger partial charge in [-0.3, -0.25) is 9.59 Å². The van der Waals surface area contributed by atoms with Crippen molar-refractivity contribution >= 4 is 11.7 Å². The molecule has 0 spiro atoms. The van der Waals surface area contributed by atoms with Crippen LogP contribution in [-0.2, 0) is 16.0 Å². The van der Waals surface area contributed by atoms with Gasteiger partial charge in [0.25, 0.3) is 0 Å². The van der Waals surface area contributed by atoms with E-state index in [1.165, 1.54) is 0 Å². The van der Waals surface area contributed by atoms with Gasteiger partial charge < -0.3 is 5.32 Å². The van der Waals surface area contributed by atoms with Crippen molar-refractivity contribution in [1.82, 2.24) is 5.32 Å². The highest BCUT2D eigenvalue weighted by Gasteiger charge is 2.65. The molecule has 2 aliphatic carbocycles. The van der Waals surface area contributed by atoms with Crippen molar-refractivity contribution in [2.45, 2.75) is 40.0 Å². The van der Waals surface area contributed by atoms with Crippen LogP contribution in [0.1, 0.15) is 39.2 Å². The molecule has 0 aromatic heterocycles. The molecule has 3 nitrogen and oxygen atoms in total. The van der Waals surface area contributed by atoms with Gasteiger partial charge in [-0.2, -0.15) is 0 Å². The van der Waals surface area contributed by atoms with Crippen LogP contribution in [0.4, 0.5) is 0 Å². The Morgan fingerprint density at radius 1 is 1.27 bits per heavy atom. The minimum Gasteiger partial charge on any atom is -0.330 e. The molecular weight excluding hydrogens is 274 g/mol. The number of carbonyl (C=O) groups is 2. The molecule has 22 heavy (non-hydrogen) atoms. The third-order valence-corrected chi connectivity index (χ3v) is 5.28. The lowest BCUT2D eigenvalue weighted by molar-refractivity contribution is -0.120. The lowest BCUT2D eigenvalue weighted by Crippen LogP contribution is -2.25. The molecule has 2 aliphatic rings. The van der Waals surface area contributed by atoms with Crippen LogP contribution in [0.5, 0.6) is 0 Å². The second-order valence-corrected chi connectivity index (χ2v) is 7.11. The number of benzene rings is 1. The minimum atomic E-state index is -0.0106. The third kappa shape index (κ3) is 2.60. The summed E-state index contributed by atoms with van der Waals surface area (Å²) in [4.78, 5) is 24.2. The topological polar surface area (TPSA) is 46.2 Å². The fourth-order valence-electron chi connectivity index (χ4n) is 3.87. The fourth-order valence-corrected chi connectivity index (χ4v) is 3.87. The van der Waals surface area contributed by atoms with E-state index in [0.29, 0.717) is 24.7 Å². The zero-order valence-corrected chi connectivity index (χ0v) is 13.5. The number of amides is 1. The Hall–Kier alpha value is -1.90. The first-order valence-electron chi connectivity index (χ1n) is 7.99. The average molecular weight is 297 g/mol. The number of aryl methyl sites for hydroxylation is 1. The second kappa shape index (κ2) is 5.38. The highest BCUT2D eigenvalue weighted by Crippen LogP contribution is 2.68. The number of rotatable bonds is 4. The van der Waals surface area contributed by atoms with Gasteiger partial charge in [0, 0.05) is 24.1 Å². The maximum atomic E-state index is 12.1. The molecule has 3 rings (SSSR count). The molecule has 0 heterocycles. The first-order chi connectivity index (χ1) is 10.4. The molecular formula is C19H23NO2. The standard InChI is InChI=1S/C19H23NO2/c1-12(17-15(21)11-14-18(17)19(14,2)3)20-16(22)10-9-13-7-5-4-6-8-13/h4-8,14,18H,9-11H2,1-3H3,(H,20,22)/b17-12-/t14-,18-/m1/s1. The van der Waals surface area contributed by atoms with Gasteiger partial charge in [-0.05, 0) is 36.2 Å². The summed E-state index contributed by atoms with van der Waals surface area (Å²) in [6.07, 6.45) is 1.81. The van der Waals surface area contributed by atoms with Gasteiger partial charge in [-0.1, -0.05) is 44.2 Å². The van der Waals surface area contributed by atoms with Crippen molar-refractivity contribution in [2.24, 2.45) is 17.3 Å². The van der Waals surface area contributed by atoms with Gasteiger partial charge >= 0.3 is 0 Å². The Bertz CT molecular complexity index is 643. The molecule has 116 valence electrons. The minimum absolute atomic E-state index is 0.0106. The van der Waals surface area contributed by atoms with E-state index in [4.69, 9.17) is 0 Å². The van der Waals surface area contributed by atoms with Crippen LogP contribution in [0.25, 0.3) is 0 Å². The fraction of sp³-hybridized carbons (Fsp3) is 0.474. The number of fused-ring (bicyclic) bond motifs is 1. The monoisotopic (exact) mass is 297 g/mol. The Kier molecular flexibility index (Phi) is 3.67. The predicted molar refractivity (Wildman–Crippen MR) is 86.0 cm³/mol.